The van der Waals surface area contributed by atoms with Crippen LogP contribution in [0.25, 0.3) is 0 Å². The molecule has 2 heteroatoms. The predicted octanol–water partition coefficient (Wildman–Crippen LogP) is 2.12. The number of alkyl halides is 1. The Balaban J connectivity index is 3.58. The summed E-state index contributed by atoms with van der Waals surface area (Å²) in [7, 11) is 0. The highest BCUT2D eigenvalue weighted by Gasteiger charge is 2.17. The molecule has 0 aromatic rings. The fourth-order valence-electron chi connectivity index (χ4n) is 0.849. The first-order chi connectivity index (χ1) is 4.68. The van der Waals surface area contributed by atoms with Gasteiger partial charge in [-0.2, -0.15) is 0 Å². The van der Waals surface area contributed by atoms with Crippen molar-refractivity contribution < 1.29 is 4.39 Å². The SMILES string of the molecule is CCC(C)(CC)NCCF. The molecule has 0 fully saturated rings. The minimum atomic E-state index is -0.268. The summed E-state index contributed by atoms with van der Waals surface area (Å²) in [5.41, 5.74) is 0.145. The van der Waals surface area contributed by atoms with E-state index in [0.29, 0.717) is 6.54 Å². The highest BCUT2D eigenvalue weighted by atomic mass is 19.1. The van der Waals surface area contributed by atoms with E-state index in [9.17, 15) is 4.39 Å². The Kier molecular flexibility index (Phi) is 4.62. The summed E-state index contributed by atoms with van der Waals surface area (Å²) < 4.78 is 11.7. The van der Waals surface area contributed by atoms with Crippen LogP contribution in [-0.4, -0.2) is 18.8 Å². The first-order valence-electron chi connectivity index (χ1n) is 3.99. The summed E-state index contributed by atoms with van der Waals surface area (Å²) >= 11 is 0. The van der Waals surface area contributed by atoms with Gasteiger partial charge < -0.3 is 5.32 Å². The number of rotatable bonds is 5. The molecule has 0 rings (SSSR count). The predicted molar refractivity (Wildman–Crippen MR) is 43.0 cm³/mol. The summed E-state index contributed by atoms with van der Waals surface area (Å²) in [6.07, 6.45) is 2.12. The van der Waals surface area contributed by atoms with Gasteiger partial charge in [0.05, 0.1) is 0 Å². The van der Waals surface area contributed by atoms with Crippen molar-refractivity contribution in [2.75, 3.05) is 13.2 Å². The van der Waals surface area contributed by atoms with Gasteiger partial charge in [-0.3, -0.25) is 0 Å². The summed E-state index contributed by atoms with van der Waals surface area (Å²) in [6.45, 7) is 6.58. The van der Waals surface area contributed by atoms with Gasteiger partial charge in [0.15, 0.2) is 0 Å². The third kappa shape index (κ3) is 3.16. The zero-order valence-corrected chi connectivity index (χ0v) is 7.21. The van der Waals surface area contributed by atoms with Crippen molar-refractivity contribution in [2.45, 2.75) is 39.2 Å². The van der Waals surface area contributed by atoms with Crippen molar-refractivity contribution in [3.63, 3.8) is 0 Å². The lowest BCUT2D eigenvalue weighted by Gasteiger charge is -2.27. The topological polar surface area (TPSA) is 12.0 Å². The first kappa shape index (κ1) is 9.89. The molecule has 0 saturated carbocycles. The summed E-state index contributed by atoms with van der Waals surface area (Å²) in [5.74, 6) is 0. The fourth-order valence-corrected chi connectivity index (χ4v) is 0.849. The standard InChI is InChI=1S/C8H18FN/c1-4-8(3,5-2)10-7-6-9/h10H,4-7H2,1-3H3. The molecule has 0 aromatic heterocycles. The average Bonchev–Trinajstić information content (AvgIpc) is 2.00. The van der Waals surface area contributed by atoms with Crippen LogP contribution in [0.5, 0.6) is 0 Å². The van der Waals surface area contributed by atoms with Gasteiger partial charge in [-0.1, -0.05) is 13.8 Å². The van der Waals surface area contributed by atoms with Gasteiger partial charge in [0.2, 0.25) is 0 Å². The number of hydrogen-bond acceptors (Lipinski definition) is 1. The van der Waals surface area contributed by atoms with Crippen LogP contribution in [0, 0.1) is 0 Å². The van der Waals surface area contributed by atoms with Crippen molar-refractivity contribution in [3.05, 3.63) is 0 Å². The van der Waals surface area contributed by atoms with Gasteiger partial charge in [0.25, 0.3) is 0 Å². The molecule has 0 atom stereocenters. The molecule has 0 spiro atoms. The quantitative estimate of drug-likeness (QED) is 0.628. The molecular weight excluding hydrogens is 129 g/mol. The Morgan fingerprint density at radius 1 is 1.30 bits per heavy atom. The molecular formula is C8H18FN. The third-order valence-corrected chi connectivity index (χ3v) is 2.21. The van der Waals surface area contributed by atoms with Gasteiger partial charge >= 0.3 is 0 Å². The molecule has 0 saturated heterocycles. The summed E-state index contributed by atoms with van der Waals surface area (Å²) in [5, 5.41) is 3.17. The van der Waals surface area contributed by atoms with E-state index in [0.717, 1.165) is 12.8 Å². The maximum atomic E-state index is 11.7. The van der Waals surface area contributed by atoms with Gasteiger partial charge in [0, 0.05) is 12.1 Å². The molecule has 1 nitrogen and oxygen atoms in total. The highest BCUT2D eigenvalue weighted by molar-refractivity contribution is 4.78. The average molecular weight is 147 g/mol. The Morgan fingerprint density at radius 2 is 1.80 bits per heavy atom. The van der Waals surface area contributed by atoms with Crippen LogP contribution in [0.3, 0.4) is 0 Å². The zero-order chi connectivity index (χ0) is 8.04. The first-order valence-corrected chi connectivity index (χ1v) is 3.99. The second-order valence-corrected chi connectivity index (χ2v) is 2.88. The van der Waals surface area contributed by atoms with Crippen molar-refractivity contribution >= 4 is 0 Å². The molecule has 0 aromatic carbocycles. The number of hydrogen-bond donors (Lipinski definition) is 1. The van der Waals surface area contributed by atoms with Crippen LogP contribution < -0.4 is 5.32 Å². The third-order valence-electron chi connectivity index (χ3n) is 2.21. The lowest BCUT2D eigenvalue weighted by atomic mass is 9.96. The van der Waals surface area contributed by atoms with Gasteiger partial charge in [-0.25, -0.2) is 4.39 Å². The van der Waals surface area contributed by atoms with Crippen molar-refractivity contribution in [1.82, 2.24) is 5.32 Å². The van der Waals surface area contributed by atoms with Crippen LogP contribution in [0.1, 0.15) is 33.6 Å². The molecule has 0 heterocycles. The maximum Gasteiger partial charge on any atom is 0.102 e. The Labute approximate surface area is 63.0 Å². The van der Waals surface area contributed by atoms with Crippen LogP contribution in [0.15, 0.2) is 0 Å². The lowest BCUT2D eigenvalue weighted by Crippen LogP contribution is -2.42. The minimum Gasteiger partial charge on any atom is -0.309 e. The Bertz CT molecular complexity index is 79.3. The van der Waals surface area contributed by atoms with Crippen molar-refractivity contribution in [2.24, 2.45) is 0 Å². The maximum absolute atomic E-state index is 11.7. The molecule has 1 N–H and O–H groups in total. The molecule has 0 amide bonds. The Hall–Kier alpha value is -0.110. The minimum absolute atomic E-state index is 0.145. The monoisotopic (exact) mass is 147 g/mol. The van der Waals surface area contributed by atoms with Crippen LogP contribution in [-0.2, 0) is 0 Å². The second-order valence-electron chi connectivity index (χ2n) is 2.88. The molecule has 0 aliphatic heterocycles. The highest BCUT2D eigenvalue weighted by Crippen LogP contribution is 2.12. The lowest BCUT2D eigenvalue weighted by molar-refractivity contribution is 0.313. The van der Waals surface area contributed by atoms with E-state index in [-0.39, 0.29) is 12.2 Å². The van der Waals surface area contributed by atoms with Crippen molar-refractivity contribution in [3.8, 4) is 0 Å². The van der Waals surface area contributed by atoms with E-state index < -0.39 is 0 Å². The molecule has 0 unspecified atom stereocenters. The largest absolute Gasteiger partial charge is 0.309 e. The van der Waals surface area contributed by atoms with Gasteiger partial charge in [-0.05, 0) is 19.8 Å². The van der Waals surface area contributed by atoms with Gasteiger partial charge in [0.1, 0.15) is 6.67 Å². The Morgan fingerprint density at radius 3 is 2.10 bits per heavy atom. The van der Waals surface area contributed by atoms with Gasteiger partial charge in [-0.15, -0.1) is 0 Å². The molecule has 0 aliphatic rings. The molecule has 0 radical (unpaired) electrons. The normalized spacial score (nSPS) is 12.0. The number of nitrogens with one attached hydrogen (secondary N) is 1. The van der Waals surface area contributed by atoms with E-state index in [4.69, 9.17) is 0 Å². The van der Waals surface area contributed by atoms with Crippen molar-refractivity contribution in [1.29, 1.82) is 0 Å². The van der Waals surface area contributed by atoms with E-state index >= 15 is 0 Å². The van der Waals surface area contributed by atoms with E-state index in [1.807, 2.05) is 0 Å². The summed E-state index contributed by atoms with van der Waals surface area (Å²) in [4.78, 5) is 0. The van der Waals surface area contributed by atoms with E-state index in [1.54, 1.807) is 0 Å². The summed E-state index contributed by atoms with van der Waals surface area (Å²) in [6, 6.07) is 0. The zero-order valence-electron chi connectivity index (χ0n) is 7.21. The fraction of sp³-hybridized carbons (Fsp3) is 1.00. The van der Waals surface area contributed by atoms with E-state index in [1.165, 1.54) is 0 Å². The molecule has 62 valence electrons. The smallest absolute Gasteiger partial charge is 0.102 e. The van der Waals surface area contributed by atoms with Crippen LogP contribution in [0.2, 0.25) is 0 Å². The molecule has 10 heavy (non-hydrogen) atoms. The van der Waals surface area contributed by atoms with Crippen LogP contribution >= 0.6 is 0 Å². The van der Waals surface area contributed by atoms with E-state index in [2.05, 4.69) is 26.1 Å². The molecule has 0 bridgehead atoms. The second kappa shape index (κ2) is 4.67. The molecule has 0 aliphatic carbocycles. The number of halogens is 1. The van der Waals surface area contributed by atoms with Crippen LogP contribution in [0.4, 0.5) is 4.39 Å².